The fraction of sp³-hybridized carbons (Fsp3) is 0.458. The van der Waals surface area contributed by atoms with Gasteiger partial charge in [0.2, 0.25) is 0 Å². The minimum atomic E-state index is -0.128. The Labute approximate surface area is 183 Å². The zero-order valence-electron chi connectivity index (χ0n) is 18.2. The number of carbonyl (C=O) groups excluding carboxylic acids is 1. The van der Waals surface area contributed by atoms with Crippen LogP contribution < -0.4 is 20.0 Å². The number of ether oxygens (including phenoxy) is 1. The molecule has 2 heterocycles. The molecular formula is C24H33FN4O2+2. The summed E-state index contributed by atoms with van der Waals surface area (Å²) in [6.07, 6.45) is 0. The van der Waals surface area contributed by atoms with E-state index in [1.54, 1.807) is 6.07 Å². The molecule has 7 heteroatoms. The van der Waals surface area contributed by atoms with Crippen molar-refractivity contribution in [2.24, 2.45) is 0 Å². The molecule has 2 aromatic carbocycles. The lowest BCUT2D eigenvalue weighted by Gasteiger charge is -2.32. The molecule has 2 aliphatic heterocycles. The van der Waals surface area contributed by atoms with Gasteiger partial charge in [-0.25, -0.2) is 4.39 Å². The molecular weight excluding hydrogens is 395 g/mol. The molecule has 0 aromatic heterocycles. The van der Waals surface area contributed by atoms with Crippen molar-refractivity contribution in [3.8, 4) is 0 Å². The third kappa shape index (κ3) is 5.61. The number of nitrogens with zero attached hydrogens (tertiary/aromatic N) is 1. The number of hydrogen-bond donors (Lipinski definition) is 3. The number of benzene rings is 2. The highest BCUT2D eigenvalue weighted by atomic mass is 19.1. The molecule has 2 aliphatic rings. The number of morpholine rings is 1. The van der Waals surface area contributed by atoms with E-state index in [1.165, 1.54) is 15.9 Å². The Morgan fingerprint density at radius 2 is 1.74 bits per heavy atom. The van der Waals surface area contributed by atoms with Gasteiger partial charge in [0.1, 0.15) is 38.5 Å². The van der Waals surface area contributed by atoms with Crippen LogP contribution >= 0.6 is 0 Å². The summed E-state index contributed by atoms with van der Waals surface area (Å²) >= 11 is 0. The van der Waals surface area contributed by atoms with Crippen LogP contribution in [0.15, 0.2) is 48.5 Å². The Hall–Kier alpha value is -2.48. The molecule has 2 aromatic rings. The number of quaternary nitrogens is 2. The van der Waals surface area contributed by atoms with E-state index >= 15 is 0 Å². The molecule has 2 fully saturated rings. The third-order valence-electron chi connectivity index (χ3n) is 6.51. The van der Waals surface area contributed by atoms with E-state index in [0.717, 1.165) is 69.4 Å². The van der Waals surface area contributed by atoms with Gasteiger partial charge in [-0.1, -0.05) is 18.2 Å². The monoisotopic (exact) mass is 428 g/mol. The first kappa shape index (κ1) is 21.7. The molecule has 31 heavy (non-hydrogen) atoms. The van der Waals surface area contributed by atoms with Crippen molar-refractivity contribution in [2.45, 2.75) is 19.5 Å². The van der Waals surface area contributed by atoms with Crippen molar-refractivity contribution in [1.29, 1.82) is 0 Å². The van der Waals surface area contributed by atoms with Gasteiger partial charge in [0, 0.05) is 30.0 Å². The van der Waals surface area contributed by atoms with Crippen LogP contribution in [0, 0.1) is 5.82 Å². The van der Waals surface area contributed by atoms with Crippen molar-refractivity contribution in [3.63, 3.8) is 0 Å². The lowest BCUT2D eigenvalue weighted by molar-refractivity contribution is -1.02. The van der Waals surface area contributed by atoms with Gasteiger partial charge in [-0.15, -0.1) is 0 Å². The first-order chi connectivity index (χ1) is 15.1. The molecule has 0 aliphatic carbocycles. The standard InChI is InChI=1S/C24H31FN4O2/c1-19(28-12-10-27(11-13-28)18-20-4-2-3-5-23(20)25)24(30)26-21-6-8-22(9-7-21)29-14-16-31-17-15-29/h2-9,19H,10-18H2,1H3,(H,26,30)/p+2/t19-/m1/s1. The van der Waals surface area contributed by atoms with Crippen LogP contribution in [0.2, 0.25) is 0 Å². The smallest absolute Gasteiger partial charge is 0.282 e. The zero-order chi connectivity index (χ0) is 21.6. The van der Waals surface area contributed by atoms with E-state index < -0.39 is 0 Å². The van der Waals surface area contributed by atoms with E-state index in [-0.39, 0.29) is 17.8 Å². The predicted molar refractivity (Wildman–Crippen MR) is 119 cm³/mol. The number of halogens is 1. The van der Waals surface area contributed by atoms with Crippen LogP contribution in [-0.2, 0) is 16.1 Å². The van der Waals surface area contributed by atoms with Crippen LogP contribution in [0.25, 0.3) is 0 Å². The van der Waals surface area contributed by atoms with Crippen molar-refractivity contribution in [2.75, 3.05) is 62.7 Å². The summed E-state index contributed by atoms with van der Waals surface area (Å²) in [7, 11) is 0. The Morgan fingerprint density at radius 3 is 2.42 bits per heavy atom. The van der Waals surface area contributed by atoms with Crippen molar-refractivity contribution in [1.82, 2.24) is 0 Å². The second kappa shape index (κ2) is 10.2. The summed E-state index contributed by atoms with van der Waals surface area (Å²) in [4.78, 5) is 17.8. The first-order valence-corrected chi connectivity index (χ1v) is 11.3. The summed E-state index contributed by atoms with van der Waals surface area (Å²) < 4.78 is 19.3. The van der Waals surface area contributed by atoms with Crippen LogP contribution in [0.4, 0.5) is 15.8 Å². The Balaban J connectivity index is 1.25. The molecule has 0 spiro atoms. The van der Waals surface area contributed by atoms with E-state index in [1.807, 2.05) is 31.2 Å². The van der Waals surface area contributed by atoms with E-state index in [4.69, 9.17) is 4.74 Å². The molecule has 4 rings (SSSR count). The van der Waals surface area contributed by atoms with Gasteiger partial charge >= 0.3 is 0 Å². The molecule has 2 saturated heterocycles. The van der Waals surface area contributed by atoms with Crippen LogP contribution in [0.3, 0.4) is 0 Å². The predicted octanol–water partition coefficient (Wildman–Crippen LogP) is -0.0271. The minimum Gasteiger partial charge on any atom is -0.378 e. The number of nitrogens with one attached hydrogen (secondary N) is 3. The summed E-state index contributed by atoms with van der Waals surface area (Å²) in [6, 6.07) is 15.0. The number of amides is 1. The molecule has 3 N–H and O–H groups in total. The highest BCUT2D eigenvalue weighted by Gasteiger charge is 2.31. The van der Waals surface area contributed by atoms with Gasteiger partial charge < -0.3 is 24.8 Å². The Bertz CT molecular complexity index is 862. The van der Waals surface area contributed by atoms with Gasteiger partial charge in [0.15, 0.2) is 6.04 Å². The van der Waals surface area contributed by atoms with Crippen molar-refractivity contribution >= 4 is 17.3 Å². The molecule has 166 valence electrons. The molecule has 0 bridgehead atoms. The maximum Gasteiger partial charge on any atom is 0.282 e. The quantitative estimate of drug-likeness (QED) is 0.606. The molecule has 1 amide bonds. The first-order valence-electron chi connectivity index (χ1n) is 11.3. The topological polar surface area (TPSA) is 50.5 Å². The number of anilines is 2. The van der Waals surface area contributed by atoms with Gasteiger partial charge in [-0.3, -0.25) is 4.79 Å². The molecule has 6 nitrogen and oxygen atoms in total. The fourth-order valence-corrected chi connectivity index (χ4v) is 4.46. The molecule has 0 radical (unpaired) electrons. The van der Waals surface area contributed by atoms with Gasteiger partial charge in [0.25, 0.3) is 5.91 Å². The minimum absolute atomic E-state index is 0.0478. The van der Waals surface area contributed by atoms with Crippen molar-refractivity contribution in [3.05, 3.63) is 59.9 Å². The highest BCUT2D eigenvalue weighted by molar-refractivity contribution is 5.93. The highest BCUT2D eigenvalue weighted by Crippen LogP contribution is 2.19. The maximum absolute atomic E-state index is 13.9. The van der Waals surface area contributed by atoms with Crippen molar-refractivity contribution < 1.29 is 23.7 Å². The van der Waals surface area contributed by atoms with Gasteiger partial charge in [-0.2, -0.15) is 0 Å². The molecule has 0 unspecified atom stereocenters. The summed E-state index contributed by atoms with van der Waals surface area (Å²) in [5.41, 5.74) is 2.76. The van der Waals surface area contributed by atoms with Gasteiger partial charge in [0.05, 0.1) is 13.2 Å². The van der Waals surface area contributed by atoms with Crippen LogP contribution in [0.1, 0.15) is 12.5 Å². The second-order valence-corrected chi connectivity index (χ2v) is 8.53. The van der Waals surface area contributed by atoms with Crippen LogP contribution in [0.5, 0.6) is 0 Å². The summed E-state index contributed by atoms with van der Waals surface area (Å²) in [5.74, 6) is -0.0798. The number of carbonyl (C=O) groups is 1. The normalized spacial score (nSPS) is 22.7. The van der Waals surface area contributed by atoms with E-state index in [2.05, 4.69) is 22.3 Å². The average Bonchev–Trinajstić information content (AvgIpc) is 2.81. The largest absolute Gasteiger partial charge is 0.378 e. The maximum atomic E-state index is 13.9. The molecule has 1 atom stereocenters. The van der Waals surface area contributed by atoms with Gasteiger partial charge in [-0.05, 0) is 37.3 Å². The number of rotatable bonds is 6. The lowest BCUT2D eigenvalue weighted by Crippen LogP contribution is -3.29. The Morgan fingerprint density at radius 1 is 1.06 bits per heavy atom. The fourth-order valence-electron chi connectivity index (χ4n) is 4.46. The SMILES string of the molecule is C[C@H](C(=O)Nc1ccc(N2CCOCC2)cc1)[NH+]1CC[NH+](Cc2ccccc2F)CC1. The number of hydrogen-bond acceptors (Lipinski definition) is 3. The summed E-state index contributed by atoms with van der Waals surface area (Å²) in [6.45, 7) is 9.72. The van der Waals surface area contributed by atoms with E-state index in [0.29, 0.717) is 6.54 Å². The van der Waals surface area contributed by atoms with Crippen LogP contribution in [-0.4, -0.2) is 64.4 Å². The van der Waals surface area contributed by atoms with E-state index in [9.17, 15) is 9.18 Å². The number of piperazine rings is 1. The Kier molecular flexibility index (Phi) is 7.17. The second-order valence-electron chi connectivity index (χ2n) is 8.53. The zero-order valence-corrected chi connectivity index (χ0v) is 18.2. The lowest BCUT2D eigenvalue weighted by atomic mass is 10.1. The third-order valence-corrected chi connectivity index (χ3v) is 6.51. The summed E-state index contributed by atoms with van der Waals surface area (Å²) in [5, 5.41) is 3.07. The average molecular weight is 429 g/mol. The molecule has 0 saturated carbocycles.